The van der Waals surface area contributed by atoms with E-state index in [-0.39, 0.29) is 77.1 Å². The maximum atomic E-state index is 12.2. The third-order valence-electron chi connectivity index (χ3n) is 3.00. The number of hydrogen-bond acceptors (Lipinski definition) is 10. The standard InChI is InChI=1S/C10H11N5O8S2.2Na.2H/c1-23-14-4(3-2-24-10(11)12-3)7(16)13-5-6(9(18)19)15(8(5)17)25(20,21)22;;;;/h2,5-6H,1H3,(H2,11,12)(H,13,16)(H,18,19)(H,20,21,22);;;;/q;2*+1;2*-1. The number of rotatable bonds is 6. The summed E-state index contributed by atoms with van der Waals surface area (Å²) in [5, 5.41) is 16.0. The van der Waals surface area contributed by atoms with Crippen LogP contribution in [0.1, 0.15) is 8.55 Å². The summed E-state index contributed by atoms with van der Waals surface area (Å²) in [5.41, 5.74) is 5.05. The van der Waals surface area contributed by atoms with Gasteiger partial charge in [0.2, 0.25) is 0 Å². The molecule has 0 radical (unpaired) electrons. The fourth-order valence-electron chi connectivity index (χ4n) is 2.01. The fourth-order valence-corrected chi connectivity index (χ4v) is 3.39. The van der Waals surface area contributed by atoms with Crippen LogP contribution in [0.2, 0.25) is 0 Å². The van der Waals surface area contributed by atoms with E-state index in [0.717, 1.165) is 18.4 Å². The monoisotopic (exact) mass is 441 g/mol. The maximum absolute atomic E-state index is 12.2. The number of aliphatic carboxylic acids is 1. The van der Waals surface area contributed by atoms with Crippen LogP contribution in [0, 0.1) is 0 Å². The third kappa shape index (κ3) is 5.61. The molecule has 5 N–H and O–H groups in total. The van der Waals surface area contributed by atoms with E-state index in [1.165, 1.54) is 5.38 Å². The Morgan fingerprint density at radius 2 is 2.07 bits per heavy atom. The molecule has 2 rings (SSSR count). The van der Waals surface area contributed by atoms with Gasteiger partial charge in [-0.2, -0.15) is 12.7 Å². The van der Waals surface area contributed by atoms with E-state index in [1.807, 2.05) is 5.32 Å². The second-order valence-electron chi connectivity index (χ2n) is 4.54. The first kappa shape index (κ1) is 26.2. The molecule has 0 bridgehead atoms. The molecule has 1 aliphatic heterocycles. The zero-order valence-corrected chi connectivity index (χ0v) is 19.9. The van der Waals surface area contributed by atoms with Crippen molar-refractivity contribution in [1.29, 1.82) is 0 Å². The van der Waals surface area contributed by atoms with Gasteiger partial charge >= 0.3 is 75.4 Å². The summed E-state index contributed by atoms with van der Waals surface area (Å²) >= 11 is 0.993. The largest absolute Gasteiger partial charge is 1.00 e. The first-order valence-corrected chi connectivity index (χ1v) is 8.52. The van der Waals surface area contributed by atoms with Crippen molar-refractivity contribution in [2.24, 2.45) is 5.16 Å². The molecule has 2 unspecified atom stereocenters. The molecule has 1 aromatic heterocycles. The molecule has 1 aromatic rings. The number of nitrogens with two attached hydrogens (primary N) is 1. The summed E-state index contributed by atoms with van der Waals surface area (Å²) in [5.74, 6) is -4.12. The van der Waals surface area contributed by atoms with Gasteiger partial charge in [-0.25, -0.2) is 9.78 Å². The molecule has 2 heterocycles. The quantitative estimate of drug-likeness (QED) is 0.108. The smallest absolute Gasteiger partial charge is 1.00 e. The molecule has 13 nitrogen and oxygen atoms in total. The van der Waals surface area contributed by atoms with Crippen LogP contribution >= 0.6 is 11.3 Å². The molecule has 0 aromatic carbocycles. The molecule has 0 spiro atoms. The molecule has 2 amide bonds. The summed E-state index contributed by atoms with van der Waals surface area (Å²) in [6, 6.07) is -3.74. The number of nitrogen functional groups attached to an aromatic ring is 1. The van der Waals surface area contributed by atoms with Gasteiger partial charge in [0.1, 0.15) is 18.8 Å². The zero-order valence-electron chi connectivity index (χ0n) is 16.3. The van der Waals surface area contributed by atoms with Gasteiger partial charge in [-0.05, 0) is 0 Å². The first-order valence-electron chi connectivity index (χ1n) is 6.24. The first-order chi connectivity index (χ1) is 11.6. The minimum Gasteiger partial charge on any atom is -1.00 e. The molecule has 1 fully saturated rings. The van der Waals surface area contributed by atoms with E-state index in [2.05, 4.69) is 15.0 Å². The Morgan fingerprint density at radius 3 is 2.48 bits per heavy atom. The van der Waals surface area contributed by atoms with Gasteiger partial charge in [-0.15, -0.1) is 11.3 Å². The SMILES string of the molecule is CON=C(C(=O)NC1C(=O)N(S(=O)(=O)O)C1C(=O)O)c1csc(N)n1.[H-].[H-].[Na+].[Na+]. The Labute approximate surface area is 203 Å². The minimum absolute atomic E-state index is 0. The van der Waals surface area contributed by atoms with Crippen molar-refractivity contribution in [3.8, 4) is 0 Å². The number of nitrogens with zero attached hydrogens (tertiary/aromatic N) is 3. The molecular weight excluding hydrogens is 428 g/mol. The van der Waals surface area contributed by atoms with Crippen LogP contribution < -0.4 is 70.2 Å². The number of thiazole rings is 1. The number of nitrogens with one attached hydrogen (secondary N) is 1. The number of carboxylic acid groups (broad SMARTS) is 1. The van der Waals surface area contributed by atoms with Gasteiger partial charge in [-0.3, -0.25) is 14.1 Å². The second kappa shape index (κ2) is 10.1. The fraction of sp³-hybridized carbons (Fsp3) is 0.300. The van der Waals surface area contributed by atoms with Crippen LogP contribution in [-0.2, 0) is 29.5 Å². The normalized spacial score (nSPS) is 19.3. The van der Waals surface area contributed by atoms with Gasteiger partial charge in [0.25, 0.3) is 11.8 Å². The number of aromatic nitrogens is 1. The summed E-state index contributed by atoms with van der Waals surface area (Å²) in [7, 11) is -3.95. The summed E-state index contributed by atoms with van der Waals surface area (Å²) in [6.45, 7) is 0. The summed E-state index contributed by atoms with van der Waals surface area (Å²) in [4.78, 5) is 43.5. The minimum atomic E-state index is -5.09. The number of anilines is 1. The van der Waals surface area contributed by atoms with Crippen molar-refractivity contribution in [3.63, 3.8) is 0 Å². The number of oxime groups is 1. The van der Waals surface area contributed by atoms with Crippen LogP contribution in [0.5, 0.6) is 0 Å². The van der Waals surface area contributed by atoms with Gasteiger partial charge in [0.05, 0.1) is 0 Å². The van der Waals surface area contributed by atoms with Crippen LogP contribution in [0.4, 0.5) is 5.13 Å². The zero-order chi connectivity index (χ0) is 18.9. The topological polar surface area (TPSA) is 202 Å². The van der Waals surface area contributed by atoms with Crippen molar-refractivity contribution in [2.75, 3.05) is 12.8 Å². The van der Waals surface area contributed by atoms with Crippen molar-refractivity contribution in [1.82, 2.24) is 14.6 Å². The van der Waals surface area contributed by atoms with Gasteiger partial charge in [0, 0.05) is 5.38 Å². The van der Waals surface area contributed by atoms with Crippen molar-refractivity contribution < 1.29 is 99.3 Å². The summed E-state index contributed by atoms with van der Waals surface area (Å²) < 4.78 is 30.7. The van der Waals surface area contributed by atoms with E-state index >= 15 is 0 Å². The number of hydrogen-bond donors (Lipinski definition) is 4. The third-order valence-corrected chi connectivity index (χ3v) is 4.58. The predicted octanol–water partition coefficient (Wildman–Crippen LogP) is -8.11. The van der Waals surface area contributed by atoms with Crippen LogP contribution in [0.3, 0.4) is 0 Å². The molecule has 0 aliphatic carbocycles. The molecule has 1 aliphatic rings. The number of β-lactam (4-membered cyclic amide) rings is 1. The van der Waals surface area contributed by atoms with E-state index in [9.17, 15) is 22.8 Å². The average molecular weight is 441 g/mol. The number of carboxylic acids is 1. The number of carbonyl (C=O) groups excluding carboxylic acids is 2. The molecule has 27 heavy (non-hydrogen) atoms. The van der Waals surface area contributed by atoms with E-state index < -0.39 is 45.9 Å². The predicted molar refractivity (Wildman–Crippen MR) is 84.0 cm³/mol. The molecule has 2 atom stereocenters. The van der Waals surface area contributed by atoms with Crippen LogP contribution in [0.25, 0.3) is 0 Å². The Bertz CT molecular complexity index is 883. The molecular formula is C10H13N5Na2O8S2. The van der Waals surface area contributed by atoms with Gasteiger partial charge < -0.3 is 23.8 Å². The summed E-state index contributed by atoms with van der Waals surface area (Å²) in [6.07, 6.45) is 0. The van der Waals surface area contributed by atoms with E-state index in [1.54, 1.807) is 0 Å². The average Bonchev–Trinajstić information content (AvgIpc) is 2.91. The Hall–Kier alpha value is -0.780. The molecule has 17 heteroatoms. The second-order valence-corrected chi connectivity index (χ2v) is 6.72. The van der Waals surface area contributed by atoms with Crippen molar-refractivity contribution >= 4 is 50.3 Å². The van der Waals surface area contributed by atoms with E-state index in [0.29, 0.717) is 0 Å². The molecule has 0 saturated carbocycles. The van der Waals surface area contributed by atoms with Gasteiger partial charge in [0.15, 0.2) is 16.9 Å². The molecule has 1 saturated heterocycles. The van der Waals surface area contributed by atoms with Crippen molar-refractivity contribution in [2.45, 2.75) is 12.1 Å². The Kier molecular flexibility index (Phi) is 9.84. The van der Waals surface area contributed by atoms with E-state index in [4.69, 9.17) is 15.4 Å². The Morgan fingerprint density at radius 1 is 1.48 bits per heavy atom. The maximum Gasteiger partial charge on any atom is 1.00 e. The molecule has 140 valence electrons. The van der Waals surface area contributed by atoms with Crippen LogP contribution in [-0.4, -0.2) is 70.1 Å². The number of amides is 2. The van der Waals surface area contributed by atoms with Crippen molar-refractivity contribution in [3.05, 3.63) is 11.1 Å². The van der Waals surface area contributed by atoms with Gasteiger partial charge in [-0.1, -0.05) is 5.16 Å². The Balaban J connectivity index is -0.00000169. The van der Waals surface area contributed by atoms with Crippen LogP contribution in [0.15, 0.2) is 10.5 Å². The number of carbonyl (C=O) groups is 3.